The number of hydrogen-bond donors (Lipinski definition) is 0. The van der Waals surface area contributed by atoms with Crippen molar-refractivity contribution in [1.82, 2.24) is 9.97 Å². The quantitative estimate of drug-likeness (QED) is 0.163. The van der Waals surface area contributed by atoms with Gasteiger partial charge < -0.3 is 0 Å². The van der Waals surface area contributed by atoms with Crippen LogP contribution in [0.25, 0.3) is 23.3 Å². The van der Waals surface area contributed by atoms with Crippen molar-refractivity contribution in [3.8, 4) is 0 Å². The van der Waals surface area contributed by atoms with Crippen molar-refractivity contribution in [2.24, 2.45) is 0 Å². The topological polar surface area (TPSA) is 42.9 Å². The number of rotatable bonds is 2. The molecule has 2 heterocycles. The molecule has 3 nitrogen and oxygen atoms in total. The summed E-state index contributed by atoms with van der Waals surface area (Å²) in [5.41, 5.74) is 9.35. The van der Waals surface area contributed by atoms with E-state index in [4.69, 9.17) is 46.6 Å². The Morgan fingerprint density at radius 2 is 1.05 bits per heavy atom. The molecule has 2 atom stereocenters. The molecule has 0 bridgehead atoms. The fourth-order valence-electron chi connectivity index (χ4n) is 6.27. The van der Waals surface area contributed by atoms with Gasteiger partial charge in [-0.2, -0.15) is 0 Å². The summed E-state index contributed by atoms with van der Waals surface area (Å²) in [6.07, 6.45) is 8.59. The fourth-order valence-corrected chi connectivity index (χ4v) is 9.73. The van der Waals surface area contributed by atoms with Gasteiger partial charge in [0.15, 0.2) is 5.78 Å². The summed E-state index contributed by atoms with van der Waals surface area (Å²) in [4.78, 5) is 27.8. The third kappa shape index (κ3) is 3.79. The van der Waals surface area contributed by atoms with Crippen LogP contribution in [0.3, 0.4) is 0 Å². The van der Waals surface area contributed by atoms with Gasteiger partial charge in [-0.1, -0.05) is 97.3 Å². The van der Waals surface area contributed by atoms with Crippen LogP contribution in [-0.2, 0) is 0 Å². The van der Waals surface area contributed by atoms with E-state index in [9.17, 15) is 4.79 Å². The van der Waals surface area contributed by atoms with Crippen LogP contribution < -0.4 is 0 Å². The van der Waals surface area contributed by atoms with Gasteiger partial charge in [-0.25, -0.2) is 9.97 Å². The van der Waals surface area contributed by atoms with Gasteiger partial charge in [0.05, 0.1) is 26.0 Å². The van der Waals surface area contributed by atoms with E-state index < -0.39 is 0 Å². The highest BCUT2D eigenvalue weighted by molar-refractivity contribution is 7.84. The molecule has 0 spiro atoms. The first-order valence-corrected chi connectivity index (χ1v) is 16.3. The van der Waals surface area contributed by atoms with Crippen molar-refractivity contribution in [2.75, 3.05) is 0 Å². The van der Waals surface area contributed by atoms with Crippen molar-refractivity contribution >= 4 is 103 Å². The first-order chi connectivity index (χ1) is 20.3. The van der Waals surface area contributed by atoms with E-state index in [-0.39, 0.29) is 17.6 Å². The number of benzene rings is 2. The predicted octanol–water partition coefficient (Wildman–Crippen LogP) is 8.83. The Balaban J connectivity index is 1.16. The van der Waals surface area contributed by atoms with Gasteiger partial charge in [-0.3, -0.25) is 4.79 Å². The lowest BCUT2D eigenvalue weighted by Gasteiger charge is -2.30. The fraction of sp³-hybridized carbons (Fsp3) is 0.118. The molecule has 4 aliphatic carbocycles. The minimum Gasteiger partial charge on any atom is -0.289 e. The lowest BCUT2D eigenvalue weighted by atomic mass is 9.77. The first-order valence-electron chi connectivity index (χ1n) is 13.5. The van der Waals surface area contributed by atoms with Gasteiger partial charge >= 0.3 is 0 Å². The summed E-state index contributed by atoms with van der Waals surface area (Å²) < 4.78 is 0. The number of nitrogens with zero attached hydrogens (tertiary/aromatic N) is 2. The van der Waals surface area contributed by atoms with E-state index in [2.05, 4.69) is 32.1 Å². The molecule has 8 rings (SSSR count). The minimum absolute atomic E-state index is 0.0254. The molecule has 0 amide bonds. The molecule has 42 heavy (non-hydrogen) atoms. The molecular weight excluding hydrogens is 613 g/mol. The molecule has 0 aliphatic heterocycles. The van der Waals surface area contributed by atoms with Crippen molar-refractivity contribution in [2.45, 2.75) is 25.7 Å². The summed E-state index contributed by atoms with van der Waals surface area (Å²) in [5, 5.41) is 1.72. The molecule has 0 saturated carbocycles. The van der Waals surface area contributed by atoms with Crippen molar-refractivity contribution in [3.05, 3.63) is 125 Å². The molecule has 0 fully saturated rings. The number of thiocarbonyl (C=S) groups is 3. The molecule has 2 aromatic carbocycles. The summed E-state index contributed by atoms with van der Waals surface area (Å²) in [6, 6.07) is 15.6. The summed E-state index contributed by atoms with van der Waals surface area (Å²) >= 11 is 20.7. The van der Waals surface area contributed by atoms with E-state index >= 15 is 0 Å². The highest BCUT2D eigenvalue weighted by Gasteiger charge is 2.38. The Labute approximate surface area is 267 Å². The Kier molecular flexibility index (Phi) is 5.97. The molecule has 4 aromatic rings. The molecule has 202 valence electrons. The van der Waals surface area contributed by atoms with Crippen molar-refractivity contribution < 1.29 is 4.79 Å². The maximum atomic E-state index is 13.1. The average Bonchev–Trinajstić information content (AvgIpc) is 3.73. The maximum absolute atomic E-state index is 13.1. The van der Waals surface area contributed by atoms with Crippen molar-refractivity contribution in [1.29, 1.82) is 0 Å². The maximum Gasteiger partial charge on any atom is 0.195 e. The second kappa shape index (κ2) is 9.56. The summed E-state index contributed by atoms with van der Waals surface area (Å²) in [6.45, 7) is 4.25. The van der Waals surface area contributed by atoms with Crippen LogP contribution in [0.4, 0.5) is 0 Å². The standard InChI is InChI=1S/C34H20N2OS5/c1-15-11-22-21(33-27(15)35-25(41-33)13-23-29(37)17-7-3-4-8-18(17)30(23)38)12-16(2)28-34(22)42-26(36-28)14-24-31(39)19-9-5-6-10-20(19)32(24)40/h3-14,21-22H,1-2H3/b23-13-. The largest absolute Gasteiger partial charge is 0.289 e. The van der Waals surface area contributed by atoms with Crippen LogP contribution in [0.15, 0.2) is 71.8 Å². The number of allylic oxidation sites excluding steroid dienone is 6. The number of fused-ring (bicyclic) bond motifs is 7. The zero-order chi connectivity index (χ0) is 28.9. The number of Topliss-reactive ketones (excluding diaryl/α,β-unsaturated/α-hetero) is 1. The second-order valence-electron chi connectivity index (χ2n) is 10.8. The van der Waals surface area contributed by atoms with Gasteiger partial charge in [0.1, 0.15) is 10.0 Å². The molecule has 0 saturated heterocycles. The Hall–Kier alpha value is -3.40. The molecule has 2 aromatic heterocycles. The minimum atomic E-state index is -0.0254. The average molecular weight is 633 g/mol. The van der Waals surface area contributed by atoms with E-state index in [0.29, 0.717) is 16.0 Å². The van der Waals surface area contributed by atoms with Crippen molar-refractivity contribution in [3.63, 3.8) is 0 Å². The van der Waals surface area contributed by atoms with E-state index in [0.717, 1.165) is 64.5 Å². The smallest absolute Gasteiger partial charge is 0.195 e. The van der Waals surface area contributed by atoms with E-state index in [1.54, 1.807) is 22.7 Å². The van der Waals surface area contributed by atoms with Crippen LogP contribution in [0.2, 0.25) is 0 Å². The van der Waals surface area contributed by atoms with Gasteiger partial charge in [0.2, 0.25) is 0 Å². The highest BCUT2D eigenvalue weighted by atomic mass is 32.1. The zero-order valence-corrected chi connectivity index (χ0v) is 26.5. The summed E-state index contributed by atoms with van der Waals surface area (Å²) in [5.74, 6) is 0.297. The van der Waals surface area contributed by atoms with Gasteiger partial charge in [0, 0.05) is 55.0 Å². The molecule has 0 N–H and O–H groups in total. The van der Waals surface area contributed by atoms with Crippen LogP contribution in [0, 0.1) is 0 Å². The van der Waals surface area contributed by atoms with Crippen LogP contribution in [0.1, 0.15) is 83.9 Å². The van der Waals surface area contributed by atoms with Crippen LogP contribution in [0.5, 0.6) is 0 Å². The molecule has 0 radical (unpaired) electrons. The van der Waals surface area contributed by atoms with Gasteiger partial charge in [0.25, 0.3) is 0 Å². The Morgan fingerprint density at radius 3 is 1.52 bits per heavy atom. The molecule has 8 heteroatoms. The number of ketones is 1. The van der Waals surface area contributed by atoms with Crippen LogP contribution in [-0.4, -0.2) is 30.3 Å². The highest BCUT2D eigenvalue weighted by Crippen LogP contribution is 2.53. The third-order valence-electron chi connectivity index (χ3n) is 8.29. The molecule has 2 unspecified atom stereocenters. The first kappa shape index (κ1) is 26.2. The Bertz CT molecular complexity index is 1880. The SMILES string of the molecule is CC1=CC2c3sc(/C=C4/C(=O)c5ccccc5C4=S)nc3C(C)=CC2c2sc(C=C3C(=S)c4ccccc4C3=S)nc21. The summed E-state index contributed by atoms with van der Waals surface area (Å²) in [7, 11) is 0. The number of thiazole rings is 2. The molecule has 4 aliphatic rings. The predicted molar refractivity (Wildman–Crippen MR) is 185 cm³/mol. The van der Waals surface area contributed by atoms with E-state index in [1.165, 1.54) is 9.75 Å². The Morgan fingerprint density at radius 1 is 0.643 bits per heavy atom. The number of carbonyl (C=O) groups is 1. The molecular formula is C34H20N2OS5. The zero-order valence-electron chi connectivity index (χ0n) is 22.4. The second-order valence-corrected chi connectivity index (χ2v) is 14.2. The number of hydrogen-bond acceptors (Lipinski definition) is 8. The lowest BCUT2D eigenvalue weighted by Crippen LogP contribution is -2.16. The van der Waals surface area contributed by atoms with Gasteiger partial charge in [-0.05, 0) is 37.1 Å². The van der Waals surface area contributed by atoms with Gasteiger partial charge in [-0.15, -0.1) is 22.7 Å². The van der Waals surface area contributed by atoms with E-state index in [1.807, 2.05) is 54.6 Å². The number of aromatic nitrogens is 2. The lowest BCUT2D eigenvalue weighted by molar-refractivity contribution is 0.104. The number of carbonyl (C=O) groups excluding carboxylic acids is 1. The normalized spacial score (nSPS) is 21.1. The van der Waals surface area contributed by atoms with Crippen LogP contribution >= 0.6 is 59.3 Å². The third-order valence-corrected chi connectivity index (χ3v) is 11.8. The monoisotopic (exact) mass is 632 g/mol.